The van der Waals surface area contributed by atoms with Gasteiger partial charge in [0.2, 0.25) is 10.3 Å². The average molecular weight is 385 g/mol. The van der Waals surface area contributed by atoms with Gasteiger partial charge in [-0.25, -0.2) is 0 Å². The number of hydrogen-bond acceptors (Lipinski definition) is 7. The summed E-state index contributed by atoms with van der Waals surface area (Å²) in [6, 6.07) is 5.12. The van der Waals surface area contributed by atoms with Crippen LogP contribution in [0.15, 0.2) is 24.5 Å². The molecule has 6 nitrogen and oxygen atoms in total. The largest absolute Gasteiger partial charge is 0.346 e. The normalized spacial score (nSPS) is 24.8. The first-order chi connectivity index (χ1) is 13.4. The second-order valence-electron chi connectivity index (χ2n) is 8.04. The predicted molar refractivity (Wildman–Crippen MR) is 110 cm³/mol. The molecule has 0 amide bonds. The van der Waals surface area contributed by atoms with E-state index >= 15 is 0 Å². The van der Waals surface area contributed by atoms with Gasteiger partial charge in [-0.2, -0.15) is 0 Å². The second kappa shape index (κ2) is 7.72. The van der Waals surface area contributed by atoms with E-state index in [0.29, 0.717) is 5.92 Å². The molecule has 4 heterocycles. The van der Waals surface area contributed by atoms with Gasteiger partial charge in [-0.15, -0.1) is 10.2 Å². The van der Waals surface area contributed by atoms with Crippen LogP contribution in [-0.4, -0.2) is 65.4 Å². The molecular formula is C20H28N6S. The van der Waals surface area contributed by atoms with Gasteiger partial charge in [0.1, 0.15) is 0 Å². The third kappa shape index (κ3) is 3.67. The highest BCUT2D eigenvalue weighted by Gasteiger charge is 2.29. The molecule has 0 radical (unpaired) electrons. The van der Waals surface area contributed by atoms with Crippen LogP contribution in [0.2, 0.25) is 0 Å². The molecule has 0 N–H and O–H groups in total. The monoisotopic (exact) mass is 384 g/mol. The maximum atomic E-state index is 4.53. The Kier molecular flexibility index (Phi) is 4.97. The lowest BCUT2D eigenvalue weighted by atomic mass is 10.0. The lowest BCUT2D eigenvalue weighted by molar-refractivity contribution is 0.187. The van der Waals surface area contributed by atoms with Crippen molar-refractivity contribution in [2.24, 2.45) is 0 Å². The SMILES string of the molecule is c1cc(C2CCN(c3nnc(N4CCN(C5CCCC5)CC4)s3)C2)ccn1. The van der Waals surface area contributed by atoms with Gasteiger partial charge in [0.15, 0.2) is 0 Å². The molecule has 27 heavy (non-hydrogen) atoms. The Labute approximate surface area is 165 Å². The molecule has 2 aromatic rings. The highest BCUT2D eigenvalue weighted by atomic mass is 32.1. The average Bonchev–Trinajstić information content (AvgIpc) is 3.50. The highest BCUT2D eigenvalue weighted by molar-refractivity contribution is 7.19. The summed E-state index contributed by atoms with van der Waals surface area (Å²) in [5.41, 5.74) is 1.39. The molecule has 2 aliphatic heterocycles. The molecule has 7 heteroatoms. The second-order valence-corrected chi connectivity index (χ2v) is 8.98. The fraction of sp³-hybridized carbons (Fsp3) is 0.650. The number of aromatic nitrogens is 3. The van der Waals surface area contributed by atoms with Crippen molar-refractivity contribution in [2.75, 3.05) is 49.1 Å². The summed E-state index contributed by atoms with van der Waals surface area (Å²) in [7, 11) is 0. The van der Waals surface area contributed by atoms with Gasteiger partial charge in [0.05, 0.1) is 0 Å². The minimum Gasteiger partial charge on any atom is -0.346 e. The van der Waals surface area contributed by atoms with Crippen LogP contribution in [0.3, 0.4) is 0 Å². The van der Waals surface area contributed by atoms with Crippen LogP contribution >= 0.6 is 11.3 Å². The van der Waals surface area contributed by atoms with Crippen molar-refractivity contribution in [1.29, 1.82) is 0 Å². The van der Waals surface area contributed by atoms with E-state index < -0.39 is 0 Å². The molecule has 0 aromatic carbocycles. The van der Waals surface area contributed by atoms with E-state index in [0.717, 1.165) is 42.5 Å². The molecule has 1 aliphatic carbocycles. The van der Waals surface area contributed by atoms with Crippen molar-refractivity contribution in [3.05, 3.63) is 30.1 Å². The van der Waals surface area contributed by atoms with Crippen molar-refractivity contribution in [3.8, 4) is 0 Å². The maximum Gasteiger partial charge on any atom is 0.210 e. The van der Waals surface area contributed by atoms with Crippen LogP contribution in [0.1, 0.15) is 43.6 Å². The number of pyridine rings is 1. The molecule has 1 unspecified atom stereocenters. The Morgan fingerprint density at radius 1 is 0.815 bits per heavy atom. The van der Waals surface area contributed by atoms with Gasteiger partial charge in [-0.1, -0.05) is 24.2 Å². The first kappa shape index (κ1) is 17.4. The van der Waals surface area contributed by atoms with E-state index in [9.17, 15) is 0 Å². The number of hydrogen-bond donors (Lipinski definition) is 0. The van der Waals surface area contributed by atoms with E-state index in [1.165, 1.54) is 50.8 Å². The first-order valence-corrected chi connectivity index (χ1v) is 11.2. The lowest BCUT2D eigenvalue weighted by Crippen LogP contribution is -2.49. The van der Waals surface area contributed by atoms with Crippen LogP contribution in [-0.2, 0) is 0 Å². The molecule has 2 saturated heterocycles. The van der Waals surface area contributed by atoms with Gasteiger partial charge in [-0.05, 0) is 37.0 Å². The van der Waals surface area contributed by atoms with Gasteiger partial charge < -0.3 is 9.80 Å². The number of anilines is 2. The summed E-state index contributed by atoms with van der Waals surface area (Å²) in [5.74, 6) is 0.579. The zero-order valence-electron chi connectivity index (χ0n) is 15.8. The zero-order valence-corrected chi connectivity index (χ0v) is 16.7. The summed E-state index contributed by atoms with van der Waals surface area (Å²) >= 11 is 1.77. The smallest absolute Gasteiger partial charge is 0.210 e. The first-order valence-electron chi connectivity index (χ1n) is 10.3. The van der Waals surface area contributed by atoms with Gasteiger partial charge >= 0.3 is 0 Å². The minimum atomic E-state index is 0.579. The molecule has 2 aromatic heterocycles. The number of piperazine rings is 1. The van der Waals surface area contributed by atoms with Gasteiger partial charge in [0.25, 0.3) is 0 Å². The third-order valence-corrected chi connectivity index (χ3v) is 7.51. The molecule has 3 fully saturated rings. The van der Waals surface area contributed by atoms with Crippen LogP contribution in [0.4, 0.5) is 10.3 Å². The Morgan fingerprint density at radius 2 is 1.52 bits per heavy atom. The fourth-order valence-electron chi connectivity index (χ4n) is 4.85. The fourth-order valence-corrected chi connectivity index (χ4v) is 5.79. The molecule has 5 rings (SSSR count). The molecule has 144 valence electrons. The van der Waals surface area contributed by atoms with Crippen molar-refractivity contribution in [1.82, 2.24) is 20.1 Å². The van der Waals surface area contributed by atoms with E-state index in [1.807, 2.05) is 12.4 Å². The molecule has 0 spiro atoms. The Balaban J connectivity index is 1.18. The summed E-state index contributed by atoms with van der Waals surface area (Å²) < 4.78 is 0. The van der Waals surface area contributed by atoms with E-state index in [4.69, 9.17) is 0 Å². The van der Waals surface area contributed by atoms with Crippen molar-refractivity contribution >= 4 is 21.6 Å². The third-order valence-electron chi connectivity index (χ3n) is 6.47. The van der Waals surface area contributed by atoms with Gasteiger partial charge in [0, 0.05) is 63.6 Å². The van der Waals surface area contributed by atoms with E-state index in [2.05, 4.69) is 42.0 Å². The van der Waals surface area contributed by atoms with Crippen LogP contribution in [0, 0.1) is 0 Å². The summed E-state index contributed by atoms with van der Waals surface area (Å²) in [4.78, 5) is 11.7. The molecule has 1 atom stereocenters. The molecular weight excluding hydrogens is 356 g/mol. The summed E-state index contributed by atoms with van der Waals surface area (Å²) in [6.45, 7) is 6.63. The lowest BCUT2D eigenvalue weighted by Gasteiger charge is -2.37. The molecule has 0 bridgehead atoms. The van der Waals surface area contributed by atoms with Crippen LogP contribution < -0.4 is 9.80 Å². The van der Waals surface area contributed by atoms with E-state index in [-0.39, 0.29) is 0 Å². The Hall–Kier alpha value is -1.73. The predicted octanol–water partition coefficient (Wildman–Crippen LogP) is 2.99. The standard InChI is InChI=1S/C20H28N6S/c1-2-4-18(3-1)24-11-13-25(14-12-24)19-22-23-20(27-19)26-10-7-17(15-26)16-5-8-21-9-6-16/h5-6,8-9,17-18H,1-4,7,10-15H2. The summed E-state index contributed by atoms with van der Waals surface area (Å²) in [6.07, 6.45) is 10.6. The zero-order chi connectivity index (χ0) is 18.1. The maximum absolute atomic E-state index is 4.53. The van der Waals surface area contributed by atoms with Gasteiger partial charge in [-0.3, -0.25) is 9.88 Å². The molecule has 3 aliphatic rings. The Bertz CT molecular complexity index is 736. The van der Waals surface area contributed by atoms with Crippen molar-refractivity contribution in [3.63, 3.8) is 0 Å². The highest BCUT2D eigenvalue weighted by Crippen LogP contribution is 2.35. The summed E-state index contributed by atoms with van der Waals surface area (Å²) in [5, 5.41) is 11.2. The topological polar surface area (TPSA) is 48.4 Å². The van der Waals surface area contributed by atoms with Crippen LogP contribution in [0.5, 0.6) is 0 Å². The molecule has 1 saturated carbocycles. The van der Waals surface area contributed by atoms with Crippen molar-refractivity contribution in [2.45, 2.75) is 44.1 Å². The number of rotatable bonds is 4. The van der Waals surface area contributed by atoms with Crippen LogP contribution in [0.25, 0.3) is 0 Å². The van der Waals surface area contributed by atoms with Crippen molar-refractivity contribution < 1.29 is 0 Å². The minimum absolute atomic E-state index is 0.579. The number of nitrogens with zero attached hydrogens (tertiary/aromatic N) is 6. The Morgan fingerprint density at radius 3 is 2.26 bits per heavy atom. The van der Waals surface area contributed by atoms with E-state index in [1.54, 1.807) is 11.3 Å². The quantitative estimate of drug-likeness (QED) is 0.808.